The van der Waals surface area contributed by atoms with Crippen LogP contribution in [0.25, 0.3) is 0 Å². The highest BCUT2D eigenvalue weighted by Crippen LogP contribution is 2.23. The summed E-state index contributed by atoms with van der Waals surface area (Å²) >= 11 is 0. The highest BCUT2D eigenvalue weighted by Gasteiger charge is 2.28. The van der Waals surface area contributed by atoms with Gasteiger partial charge in [0.25, 0.3) is 0 Å². The number of hydrogen-bond acceptors (Lipinski definition) is 4. The summed E-state index contributed by atoms with van der Waals surface area (Å²) in [5, 5.41) is 3.56. The minimum atomic E-state index is 0.329. The van der Waals surface area contributed by atoms with Crippen LogP contribution in [-0.2, 0) is 9.47 Å². The maximum absolute atomic E-state index is 6.05. The fraction of sp³-hybridized carbons (Fsp3) is 1.00. The van der Waals surface area contributed by atoms with Gasteiger partial charge in [0, 0.05) is 18.6 Å². The van der Waals surface area contributed by atoms with E-state index in [9.17, 15) is 0 Å². The first-order chi connectivity index (χ1) is 9.81. The van der Waals surface area contributed by atoms with E-state index in [4.69, 9.17) is 9.47 Å². The number of rotatable bonds is 7. The molecular formula is C16H30N2O2. The molecule has 0 spiro atoms. The third-order valence-electron chi connectivity index (χ3n) is 4.94. The van der Waals surface area contributed by atoms with Gasteiger partial charge in [0.05, 0.1) is 25.4 Å². The molecule has 20 heavy (non-hydrogen) atoms. The highest BCUT2D eigenvalue weighted by atomic mass is 16.5. The summed E-state index contributed by atoms with van der Waals surface area (Å²) in [6.07, 6.45) is 9.80. The summed E-state index contributed by atoms with van der Waals surface area (Å²) in [5.41, 5.74) is 0. The second-order valence-electron chi connectivity index (χ2n) is 6.81. The molecule has 2 heterocycles. The summed E-state index contributed by atoms with van der Waals surface area (Å²) in [5.74, 6) is 0. The van der Waals surface area contributed by atoms with Gasteiger partial charge in [-0.25, -0.2) is 0 Å². The number of piperidine rings is 1. The normalized spacial score (nSPS) is 35.5. The van der Waals surface area contributed by atoms with Crippen molar-refractivity contribution >= 4 is 0 Å². The monoisotopic (exact) mass is 282 g/mol. The van der Waals surface area contributed by atoms with Crippen LogP contribution in [0.4, 0.5) is 0 Å². The Labute approximate surface area is 123 Å². The van der Waals surface area contributed by atoms with E-state index in [0.717, 1.165) is 32.2 Å². The van der Waals surface area contributed by atoms with Crippen LogP contribution in [0.1, 0.15) is 44.9 Å². The molecule has 0 aromatic heterocycles. The van der Waals surface area contributed by atoms with Gasteiger partial charge in [-0.1, -0.05) is 6.42 Å². The Kier molecular flexibility index (Phi) is 5.32. The van der Waals surface area contributed by atoms with Crippen LogP contribution in [0.5, 0.6) is 0 Å². The molecular weight excluding hydrogens is 252 g/mol. The van der Waals surface area contributed by atoms with Crippen molar-refractivity contribution in [3.05, 3.63) is 0 Å². The van der Waals surface area contributed by atoms with Crippen molar-refractivity contribution in [1.82, 2.24) is 10.2 Å². The summed E-state index contributed by atoms with van der Waals surface area (Å²) in [7, 11) is 2.22. The lowest BCUT2D eigenvalue weighted by Gasteiger charge is -2.32. The van der Waals surface area contributed by atoms with Gasteiger partial charge < -0.3 is 19.7 Å². The number of hydrogen-bond donors (Lipinski definition) is 1. The van der Waals surface area contributed by atoms with Gasteiger partial charge in [0.15, 0.2) is 0 Å². The lowest BCUT2D eigenvalue weighted by Crippen LogP contribution is -2.40. The zero-order chi connectivity index (χ0) is 13.8. The van der Waals surface area contributed by atoms with Gasteiger partial charge in [0.2, 0.25) is 0 Å². The third-order valence-corrected chi connectivity index (χ3v) is 4.94. The SMILES string of the molecule is CN1CCCCC1COCC1CCC(CNC2CC2)O1. The first-order valence-electron chi connectivity index (χ1n) is 8.48. The van der Waals surface area contributed by atoms with E-state index in [1.165, 1.54) is 45.1 Å². The van der Waals surface area contributed by atoms with E-state index in [-0.39, 0.29) is 0 Å². The molecule has 4 nitrogen and oxygen atoms in total. The summed E-state index contributed by atoms with van der Waals surface area (Å²) in [6, 6.07) is 1.41. The van der Waals surface area contributed by atoms with Crippen molar-refractivity contribution in [2.75, 3.05) is 33.4 Å². The van der Waals surface area contributed by atoms with E-state index in [1.807, 2.05) is 0 Å². The van der Waals surface area contributed by atoms with E-state index in [0.29, 0.717) is 18.2 Å². The Morgan fingerprint density at radius 2 is 1.90 bits per heavy atom. The van der Waals surface area contributed by atoms with Crippen LogP contribution in [0.15, 0.2) is 0 Å². The second-order valence-corrected chi connectivity index (χ2v) is 6.81. The van der Waals surface area contributed by atoms with Crippen molar-refractivity contribution in [3.8, 4) is 0 Å². The van der Waals surface area contributed by atoms with E-state index >= 15 is 0 Å². The maximum atomic E-state index is 6.05. The summed E-state index contributed by atoms with van der Waals surface area (Å²) < 4.78 is 12.0. The van der Waals surface area contributed by atoms with Crippen LogP contribution in [0.3, 0.4) is 0 Å². The first kappa shape index (κ1) is 14.8. The van der Waals surface area contributed by atoms with Crippen LogP contribution < -0.4 is 5.32 Å². The van der Waals surface area contributed by atoms with Crippen molar-refractivity contribution in [3.63, 3.8) is 0 Å². The number of likely N-dealkylation sites (tertiary alicyclic amines) is 1. The largest absolute Gasteiger partial charge is 0.377 e. The molecule has 2 saturated heterocycles. The van der Waals surface area contributed by atoms with Gasteiger partial charge in [-0.3, -0.25) is 0 Å². The fourth-order valence-corrected chi connectivity index (χ4v) is 3.33. The molecule has 0 radical (unpaired) electrons. The average Bonchev–Trinajstić information content (AvgIpc) is 3.18. The van der Waals surface area contributed by atoms with Crippen LogP contribution in [0, 0.1) is 0 Å². The molecule has 0 aromatic rings. The molecule has 2 aliphatic heterocycles. The molecule has 1 aliphatic carbocycles. The van der Waals surface area contributed by atoms with E-state index < -0.39 is 0 Å². The Morgan fingerprint density at radius 3 is 2.70 bits per heavy atom. The predicted molar refractivity (Wildman–Crippen MR) is 80.0 cm³/mol. The van der Waals surface area contributed by atoms with Crippen molar-refractivity contribution in [2.24, 2.45) is 0 Å². The lowest BCUT2D eigenvalue weighted by molar-refractivity contribution is -0.0300. The maximum Gasteiger partial charge on any atom is 0.0813 e. The molecule has 0 bridgehead atoms. The Hall–Kier alpha value is -0.160. The fourth-order valence-electron chi connectivity index (χ4n) is 3.33. The molecule has 3 fully saturated rings. The molecule has 1 N–H and O–H groups in total. The topological polar surface area (TPSA) is 33.7 Å². The third kappa shape index (κ3) is 4.42. The molecule has 3 aliphatic rings. The molecule has 116 valence electrons. The molecule has 1 saturated carbocycles. The number of nitrogens with zero attached hydrogens (tertiary/aromatic N) is 1. The molecule has 4 heteroatoms. The molecule has 0 amide bonds. The van der Waals surface area contributed by atoms with Crippen molar-refractivity contribution < 1.29 is 9.47 Å². The zero-order valence-corrected chi connectivity index (χ0v) is 12.9. The van der Waals surface area contributed by atoms with Crippen LogP contribution in [-0.4, -0.2) is 62.5 Å². The van der Waals surface area contributed by atoms with Gasteiger partial charge >= 0.3 is 0 Å². The quantitative estimate of drug-likeness (QED) is 0.772. The molecule has 0 aromatic carbocycles. The molecule has 3 unspecified atom stereocenters. The summed E-state index contributed by atoms with van der Waals surface area (Å²) in [4.78, 5) is 2.45. The first-order valence-corrected chi connectivity index (χ1v) is 8.48. The number of ether oxygens (including phenoxy) is 2. The zero-order valence-electron chi connectivity index (χ0n) is 12.9. The number of likely N-dealkylation sites (N-methyl/N-ethyl adjacent to an activating group) is 1. The standard InChI is InChI=1S/C16H30N2O2/c1-18-9-3-2-4-14(18)11-19-12-16-8-7-15(20-16)10-17-13-5-6-13/h13-17H,2-12H2,1H3. The minimum Gasteiger partial charge on any atom is -0.377 e. The van der Waals surface area contributed by atoms with Gasteiger partial charge in [-0.05, 0) is 52.1 Å². The Morgan fingerprint density at radius 1 is 1.05 bits per heavy atom. The van der Waals surface area contributed by atoms with Gasteiger partial charge in [-0.2, -0.15) is 0 Å². The van der Waals surface area contributed by atoms with Crippen molar-refractivity contribution in [2.45, 2.75) is 69.2 Å². The Balaban J connectivity index is 1.27. The van der Waals surface area contributed by atoms with E-state index in [2.05, 4.69) is 17.3 Å². The minimum absolute atomic E-state index is 0.329. The van der Waals surface area contributed by atoms with Gasteiger partial charge in [0.1, 0.15) is 0 Å². The smallest absolute Gasteiger partial charge is 0.0813 e. The summed E-state index contributed by atoms with van der Waals surface area (Å²) in [6.45, 7) is 3.92. The van der Waals surface area contributed by atoms with Gasteiger partial charge in [-0.15, -0.1) is 0 Å². The number of nitrogens with one attached hydrogen (secondary N) is 1. The second kappa shape index (κ2) is 7.21. The molecule has 3 rings (SSSR count). The van der Waals surface area contributed by atoms with Crippen LogP contribution in [0.2, 0.25) is 0 Å². The van der Waals surface area contributed by atoms with Crippen LogP contribution >= 0.6 is 0 Å². The molecule has 3 atom stereocenters. The lowest BCUT2D eigenvalue weighted by atomic mass is 10.0. The van der Waals surface area contributed by atoms with E-state index in [1.54, 1.807) is 0 Å². The average molecular weight is 282 g/mol. The van der Waals surface area contributed by atoms with Crippen molar-refractivity contribution in [1.29, 1.82) is 0 Å². The Bertz CT molecular complexity index is 296. The highest BCUT2D eigenvalue weighted by molar-refractivity contribution is 4.84. The predicted octanol–water partition coefficient (Wildman–Crippen LogP) is 1.79.